The van der Waals surface area contributed by atoms with Gasteiger partial charge in [-0.1, -0.05) is 36.8 Å². The Morgan fingerprint density at radius 2 is 1.66 bits per heavy atom. The number of amides is 1. The van der Waals surface area contributed by atoms with Crippen LogP contribution in [0.3, 0.4) is 0 Å². The van der Waals surface area contributed by atoms with Crippen molar-refractivity contribution in [1.82, 2.24) is 14.9 Å². The highest BCUT2D eigenvalue weighted by molar-refractivity contribution is 5.94. The van der Waals surface area contributed by atoms with Gasteiger partial charge < -0.3 is 24.1 Å². The molecule has 0 fully saturated rings. The Hall–Kier alpha value is -4.00. The van der Waals surface area contributed by atoms with Crippen LogP contribution in [0.1, 0.15) is 48.3 Å². The number of unbranched alkanes of at least 4 members (excludes halogenated alkanes) is 3. The first-order chi connectivity index (χ1) is 18.7. The number of aryl methyl sites for hydroxylation is 2. The topological polar surface area (TPSA) is 74.6 Å². The van der Waals surface area contributed by atoms with E-state index in [2.05, 4.69) is 28.1 Å². The average Bonchev–Trinajstić information content (AvgIpc) is 3.32. The van der Waals surface area contributed by atoms with Gasteiger partial charge in [-0.2, -0.15) is 0 Å². The number of nitrogens with one attached hydrogen (secondary N) is 1. The van der Waals surface area contributed by atoms with Crippen molar-refractivity contribution in [3.63, 3.8) is 0 Å². The van der Waals surface area contributed by atoms with Gasteiger partial charge in [-0.3, -0.25) is 4.79 Å². The van der Waals surface area contributed by atoms with Gasteiger partial charge in [-0.15, -0.1) is 0 Å². The SMILES string of the molecule is COc1cccc(C(=O)NCCCCCc2nc3ccccc3n2CCCCOc2ccccc2OC)c1. The molecule has 0 saturated heterocycles. The fourth-order valence-corrected chi connectivity index (χ4v) is 4.51. The predicted octanol–water partition coefficient (Wildman–Crippen LogP) is 6.06. The Bertz CT molecular complexity index is 1320. The number of carbonyl (C=O) groups is 1. The summed E-state index contributed by atoms with van der Waals surface area (Å²) in [5.74, 6) is 3.28. The van der Waals surface area contributed by atoms with Gasteiger partial charge >= 0.3 is 0 Å². The summed E-state index contributed by atoms with van der Waals surface area (Å²) in [6, 6.07) is 23.3. The molecule has 0 radical (unpaired) electrons. The van der Waals surface area contributed by atoms with Crippen LogP contribution >= 0.6 is 0 Å². The molecule has 1 aromatic heterocycles. The van der Waals surface area contributed by atoms with Crippen LogP contribution in [0.4, 0.5) is 0 Å². The van der Waals surface area contributed by atoms with E-state index in [9.17, 15) is 4.79 Å². The van der Waals surface area contributed by atoms with Gasteiger partial charge in [0.15, 0.2) is 11.5 Å². The van der Waals surface area contributed by atoms with E-state index in [1.165, 1.54) is 5.52 Å². The third-order valence-corrected chi connectivity index (χ3v) is 6.53. The first-order valence-electron chi connectivity index (χ1n) is 13.3. The molecule has 0 unspecified atom stereocenters. The van der Waals surface area contributed by atoms with Crippen molar-refractivity contribution >= 4 is 16.9 Å². The number of ether oxygens (including phenoxy) is 3. The van der Waals surface area contributed by atoms with Crippen molar-refractivity contribution in [3.05, 3.63) is 84.2 Å². The van der Waals surface area contributed by atoms with Crippen LogP contribution in [0.15, 0.2) is 72.8 Å². The van der Waals surface area contributed by atoms with E-state index in [1.807, 2.05) is 42.5 Å². The Kier molecular flexibility index (Phi) is 10.0. The number of nitrogens with zero attached hydrogens (tertiary/aromatic N) is 2. The van der Waals surface area contributed by atoms with E-state index in [0.717, 1.165) is 67.9 Å². The Balaban J connectivity index is 1.22. The second-order valence-corrected chi connectivity index (χ2v) is 9.17. The summed E-state index contributed by atoms with van der Waals surface area (Å²) in [4.78, 5) is 17.3. The van der Waals surface area contributed by atoms with E-state index < -0.39 is 0 Å². The van der Waals surface area contributed by atoms with Gasteiger partial charge in [0.05, 0.1) is 31.9 Å². The fraction of sp³-hybridized carbons (Fsp3) is 0.355. The molecule has 1 N–H and O–H groups in total. The van der Waals surface area contributed by atoms with Gasteiger partial charge in [-0.05, 0) is 68.1 Å². The van der Waals surface area contributed by atoms with Gasteiger partial charge in [0.25, 0.3) is 5.91 Å². The third kappa shape index (κ3) is 7.28. The number of para-hydroxylation sites is 4. The molecule has 0 aliphatic rings. The van der Waals surface area contributed by atoms with E-state index in [1.54, 1.807) is 26.4 Å². The van der Waals surface area contributed by atoms with E-state index in [4.69, 9.17) is 19.2 Å². The van der Waals surface area contributed by atoms with Gasteiger partial charge in [0, 0.05) is 25.1 Å². The van der Waals surface area contributed by atoms with Crippen molar-refractivity contribution in [2.45, 2.75) is 45.1 Å². The van der Waals surface area contributed by atoms with E-state index >= 15 is 0 Å². The number of aromatic nitrogens is 2. The number of hydrogen-bond donors (Lipinski definition) is 1. The molecule has 4 aromatic rings. The molecule has 3 aromatic carbocycles. The van der Waals surface area contributed by atoms with E-state index in [0.29, 0.717) is 24.5 Å². The Morgan fingerprint density at radius 3 is 2.50 bits per heavy atom. The number of carbonyl (C=O) groups excluding carboxylic acids is 1. The molecule has 1 heterocycles. The normalized spacial score (nSPS) is 10.9. The van der Waals surface area contributed by atoms with Crippen molar-refractivity contribution in [3.8, 4) is 17.2 Å². The highest BCUT2D eigenvalue weighted by Crippen LogP contribution is 2.26. The lowest BCUT2D eigenvalue weighted by Crippen LogP contribution is -2.24. The average molecular weight is 516 g/mol. The van der Waals surface area contributed by atoms with Crippen LogP contribution < -0.4 is 19.5 Å². The summed E-state index contributed by atoms with van der Waals surface area (Å²) < 4.78 is 18.9. The van der Waals surface area contributed by atoms with Gasteiger partial charge in [0.2, 0.25) is 0 Å². The van der Waals surface area contributed by atoms with Crippen molar-refractivity contribution in [2.75, 3.05) is 27.4 Å². The molecule has 0 aliphatic carbocycles. The summed E-state index contributed by atoms with van der Waals surface area (Å²) >= 11 is 0. The predicted molar refractivity (Wildman–Crippen MR) is 150 cm³/mol. The molecule has 0 aliphatic heterocycles. The summed E-state index contributed by atoms with van der Waals surface area (Å²) in [7, 11) is 3.26. The number of imidazole rings is 1. The number of rotatable bonds is 15. The highest BCUT2D eigenvalue weighted by Gasteiger charge is 2.11. The first kappa shape index (κ1) is 27.0. The van der Waals surface area contributed by atoms with Crippen LogP contribution in [0.25, 0.3) is 11.0 Å². The zero-order valence-corrected chi connectivity index (χ0v) is 22.3. The molecule has 38 heavy (non-hydrogen) atoms. The molecule has 1 amide bonds. The summed E-state index contributed by atoms with van der Waals surface area (Å²) in [6.07, 6.45) is 5.83. The molecule has 4 rings (SSSR count). The Morgan fingerprint density at radius 1 is 0.842 bits per heavy atom. The maximum atomic E-state index is 12.4. The number of hydrogen-bond acceptors (Lipinski definition) is 5. The van der Waals surface area contributed by atoms with Gasteiger partial charge in [-0.25, -0.2) is 4.98 Å². The van der Waals surface area contributed by atoms with Crippen LogP contribution in [0.5, 0.6) is 17.2 Å². The zero-order valence-electron chi connectivity index (χ0n) is 22.3. The molecule has 200 valence electrons. The smallest absolute Gasteiger partial charge is 0.251 e. The summed E-state index contributed by atoms with van der Waals surface area (Å²) in [5.41, 5.74) is 2.84. The fourth-order valence-electron chi connectivity index (χ4n) is 4.51. The van der Waals surface area contributed by atoms with Crippen molar-refractivity contribution in [1.29, 1.82) is 0 Å². The van der Waals surface area contributed by atoms with Crippen LogP contribution in [0, 0.1) is 0 Å². The maximum Gasteiger partial charge on any atom is 0.251 e. The minimum absolute atomic E-state index is 0.0691. The minimum atomic E-state index is -0.0691. The molecule has 7 heteroatoms. The molecule has 0 bridgehead atoms. The second kappa shape index (κ2) is 14.1. The molecule has 0 saturated carbocycles. The van der Waals surface area contributed by atoms with Gasteiger partial charge in [0.1, 0.15) is 11.6 Å². The van der Waals surface area contributed by atoms with Crippen LogP contribution in [-0.4, -0.2) is 42.8 Å². The number of methoxy groups -OCH3 is 2. The standard InChI is InChI=1S/C31H37N3O4/c1-36-25-14-12-13-24(23-25)31(35)32-20-9-3-4-19-30-33-26-15-5-6-16-27(26)34(30)21-10-11-22-38-29-18-8-7-17-28(29)37-2/h5-8,12-18,23H,3-4,9-11,19-22H2,1-2H3,(H,32,35). The quantitative estimate of drug-likeness (QED) is 0.195. The number of benzene rings is 3. The zero-order chi connectivity index (χ0) is 26.6. The molecule has 0 spiro atoms. The highest BCUT2D eigenvalue weighted by atomic mass is 16.5. The van der Waals surface area contributed by atoms with Crippen LogP contribution in [-0.2, 0) is 13.0 Å². The first-order valence-corrected chi connectivity index (χ1v) is 13.3. The second-order valence-electron chi connectivity index (χ2n) is 9.17. The molecular formula is C31H37N3O4. The summed E-state index contributed by atoms with van der Waals surface area (Å²) in [6.45, 7) is 2.20. The lowest BCUT2D eigenvalue weighted by molar-refractivity contribution is 0.0952. The van der Waals surface area contributed by atoms with Crippen LogP contribution in [0.2, 0.25) is 0 Å². The maximum absolute atomic E-state index is 12.4. The van der Waals surface area contributed by atoms with Crippen molar-refractivity contribution < 1.29 is 19.0 Å². The van der Waals surface area contributed by atoms with E-state index in [-0.39, 0.29) is 5.91 Å². The molecule has 7 nitrogen and oxygen atoms in total. The Labute approximate surface area is 224 Å². The minimum Gasteiger partial charge on any atom is -0.497 e. The largest absolute Gasteiger partial charge is 0.497 e. The monoisotopic (exact) mass is 515 g/mol. The van der Waals surface area contributed by atoms with Crippen molar-refractivity contribution in [2.24, 2.45) is 0 Å². The lowest BCUT2D eigenvalue weighted by Gasteiger charge is -2.12. The lowest BCUT2D eigenvalue weighted by atomic mass is 10.1. The molecular weight excluding hydrogens is 478 g/mol. The molecule has 0 atom stereocenters. The summed E-state index contributed by atoms with van der Waals surface area (Å²) in [5, 5.41) is 3.01. The number of fused-ring (bicyclic) bond motifs is 1. The third-order valence-electron chi connectivity index (χ3n) is 6.53.